The quantitative estimate of drug-likeness (QED) is 0.800. The first-order chi connectivity index (χ1) is 10.9. The average molecular weight is 332 g/mol. The van der Waals surface area contributed by atoms with Crippen LogP contribution in [-0.4, -0.2) is 29.0 Å². The monoisotopic (exact) mass is 331 g/mol. The highest BCUT2D eigenvalue weighted by atomic mass is 16.3. The smallest absolute Gasteiger partial charge is 0.246 e. The van der Waals surface area contributed by atoms with Gasteiger partial charge in [-0.05, 0) is 48.4 Å². The summed E-state index contributed by atoms with van der Waals surface area (Å²) in [6.45, 7) is 17.9. The molecule has 1 aromatic rings. The number of hydrogen-bond donors (Lipinski definition) is 1. The minimum Gasteiger partial charge on any atom is -0.507 e. The number of hydrogen-bond acceptors (Lipinski definition) is 2. The summed E-state index contributed by atoms with van der Waals surface area (Å²) >= 11 is 0. The molecule has 0 aliphatic heterocycles. The van der Waals surface area contributed by atoms with Gasteiger partial charge in [0.2, 0.25) is 5.91 Å². The average Bonchev–Trinajstić information content (AvgIpc) is 2.44. The summed E-state index contributed by atoms with van der Waals surface area (Å²) in [7, 11) is 0. The molecule has 0 fully saturated rings. The number of amides is 1. The molecule has 134 valence electrons. The lowest BCUT2D eigenvalue weighted by atomic mass is 9.78. The number of phenols is 1. The van der Waals surface area contributed by atoms with Crippen LogP contribution in [0.3, 0.4) is 0 Å². The Morgan fingerprint density at radius 2 is 1.42 bits per heavy atom. The van der Waals surface area contributed by atoms with Gasteiger partial charge in [0.05, 0.1) is 0 Å². The van der Waals surface area contributed by atoms with Crippen molar-refractivity contribution in [2.75, 3.05) is 13.1 Å². The van der Waals surface area contributed by atoms with Crippen LogP contribution < -0.4 is 0 Å². The van der Waals surface area contributed by atoms with Gasteiger partial charge in [-0.15, -0.1) is 0 Å². The summed E-state index contributed by atoms with van der Waals surface area (Å²) in [6.07, 6.45) is 3.48. The fourth-order valence-corrected chi connectivity index (χ4v) is 2.70. The summed E-state index contributed by atoms with van der Waals surface area (Å²) in [6, 6.07) is 3.97. The van der Waals surface area contributed by atoms with Crippen molar-refractivity contribution >= 4 is 12.0 Å². The maximum Gasteiger partial charge on any atom is 0.246 e. The van der Waals surface area contributed by atoms with Gasteiger partial charge in [-0.2, -0.15) is 0 Å². The van der Waals surface area contributed by atoms with Gasteiger partial charge in [-0.1, -0.05) is 41.5 Å². The van der Waals surface area contributed by atoms with Crippen molar-refractivity contribution < 1.29 is 9.90 Å². The Balaban J connectivity index is 3.37. The number of likely N-dealkylation sites (N-methyl/N-ethyl adjacent to an activating group) is 1. The molecular formula is C21H33NO2. The van der Waals surface area contributed by atoms with E-state index in [4.69, 9.17) is 0 Å². The first-order valence-corrected chi connectivity index (χ1v) is 8.76. The Bertz CT molecular complexity index is 577. The molecule has 0 atom stereocenters. The van der Waals surface area contributed by atoms with E-state index in [1.807, 2.05) is 32.1 Å². The lowest BCUT2D eigenvalue weighted by Gasteiger charge is -2.28. The molecular weight excluding hydrogens is 298 g/mol. The third-order valence-corrected chi connectivity index (χ3v) is 4.24. The van der Waals surface area contributed by atoms with E-state index in [1.165, 1.54) is 0 Å². The van der Waals surface area contributed by atoms with Crippen molar-refractivity contribution in [1.29, 1.82) is 0 Å². The Labute approximate surface area is 147 Å². The summed E-state index contributed by atoms with van der Waals surface area (Å²) < 4.78 is 0. The van der Waals surface area contributed by atoms with Gasteiger partial charge in [0.25, 0.3) is 0 Å². The van der Waals surface area contributed by atoms with Crippen molar-refractivity contribution in [2.45, 2.75) is 66.2 Å². The van der Waals surface area contributed by atoms with Crippen LogP contribution in [0.1, 0.15) is 72.1 Å². The molecule has 1 N–H and O–H groups in total. The standard InChI is InChI=1S/C21H33NO2/c1-9-22(10-2)18(23)12-11-15-13-16(20(3,4)5)19(24)17(14-15)21(6,7)8/h11-14,24H,9-10H2,1-8H3. The van der Waals surface area contributed by atoms with Crippen molar-refractivity contribution in [3.05, 3.63) is 34.9 Å². The minimum absolute atomic E-state index is 0.0164. The molecule has 0 aliphatic carbocycles. The molecule has 0 spiro atoms. The summed E-state index contributed by atoms with van der Waals surface area (Å²) in [4.78, 5) is 14.0. The first kappa shape index (κ1) is 20.3. The normalized spacial score (nSPS) is 12.7. The Morgan fingerprint density at radius 3 is 1.75 bits per heavy atom. The number of aromatic hydroxyl groups is 1. The first-order valence-electron chi connectivity index (χ1n) is 8.76. The van der Waals surface area contributed by atoms with Crippen LogP contribution in [0.5, 0.6) is 5.75 Å². The highest BCUT2D eigenvalue weighted by Gasteiger charge is 2.26. The summed E-state index contributed by atoms with van der Waals surface area (Å²) in [5.41, 5.74) is 2.42. The molecule has 0 bridgehead atoms. The van der Waals surface area contributed by atoms with E-state index >= 15 is 0 Å². The van der Waals surface area contributed by atoms with Crippen LogP contribution in [0.4, 0.5) is 0 Å². The molecule has 0 saturated heterocycles. The topological polar surface area (TPSA) is 40.5 Å². The zero-order chi connectivity index (χ0) is 18.7. The highest BCUT2D eigenvalue weighted by Crippen LogP contribution is 2.39. The van der Waals surface area contributed by atoms with Crippen molar-refractivity contribution in [2.24, 2.45) is 0 Å². The molecule has 0 unspecified atom stereocenters. The second-order valence-corrected chi connectivity index (χ2v) is 8.31. The van der Waals surface area contributed by atoms with Gasteiger partial charge in [-0.3, -0.25) is 4.79 Å². The molecule has 1 amide bonds. The van der Waals surface area contributed by atoms with Gasteiger partial charge in [0, 0.05) is 30.3 Å². The maximum absolute atomic E-state index is 12.2. The summed E-state index contributed by atoms with van der Waals surface area (Å²) in [5.74, 6) is 0.380. The fraction of sp³-hybridized carbons (Fsp3) is 0.571. The molecule has 3 heteroatoms. The highest BCUT2D eigenvalue weighted by molar-refractivity contribution is 5.91. The fourth-order valence-electron chi connectivity index (χ4n) is 2.70. The predicted octanol–water partition coefficient (Wildman–Crippen LogP) is 4.87. The van der Waals surface area contributed by atoms with Gasteiger partial charge in [-0.25, -0.2) is 0 Å². The number of carbonyl (C=O) groups is 1. The molecule has 0 aromatic heterocycles. The predicted molar refractivity (Wildman–Crippen MR) is 102 cm³/mol. The Morgan fingerprint density at radius 1 is 1.00 bits per heavy atom. The third-order valence-electron chi connectivity index (χ3n) is 4.24. The molecule has 0 radical (unpaired) electrons. The Hall–Kier alpha value is -1.77. The zero-order valence-corrected chi connectivity index (χ0v) is 16.5. The van der Waals surface area contributed by atoms with Crippen molar-refractivity contribution in [3.63, 3.8) is 0 Å². The molecule has 0 saturated carbocycles. The van der Waals surface area contributed by atoms with Crippen LogP contribution >= 0.6 is 0 Å². The second-order valence-electron chi connectivity index (χ2n) is 8.31. The van der Waals surface area contributed by atoms with Crippen LogP contribution in [-0.2, 0) is 15.6 Å². The maximum atomic E-state index is 12.2. The zero-order valence-electron chi connectivity index (χ0n) is 16.5. The second kappa shape index (κ2) is 7.42. The molecule has 24 heavy (non-hydrogen) atoms. The van der Waals surface area contributed by atoms with E-state index in [0.717, 1.165) is 16.7 Å². The van der Waals surface area contributed by atoms with E-state index in [9.17, 15) is 9.90 Å². The summed E-state index contributed by atoms with van der Waals surface area (Å²) in [5, 5.41) is 10.7. The van der Waals surface area contributed by atoms with Crippen LogP contribution in [0, 0.1) is 0 Å². The molecule has 1 aromatic carbocycles. The Kier molecular flexibility index (Phi) is 6.26. The number of phenolic OH excluding ortho intramolecular Hbond substituents is 1. The molecule has 0 heterocycles. The SMILES string of the molecule is CCN(CC)C(=O)C=Cc1cc(C(C)(C)C)c(O)c(C(C)(C)C)c1. The van der Waals surface area contributed by atoms with Crippen LogP contribution in [0.15, 0.2) is 18.2 Å². The van der Waals surface area contributed by atoms with Gasteiger partial charge in [0.15, 0.2) is 0 Å². The molecule has 3 nitrogen and oxygen atoms in total. The van der Waals surface area contributed by atoms with E-state index in [-0.39, 0.29) is 16.7 Å². The van der Waals surface area contributed by atoms with E-state index in [0.29, 0.717) is 18.8 Å². The largest absolute Gasteiger partial charge is 0.507 e. The van der Waals surface area contributed by atoms with Crippen molar-refractivity contribution in [1.82, 2.24) is 4.90 Å². The lowest BCUT2D eigenvalue weighted by molar-refractivity contribution is -0.125. The van der Waals surface area contributed by atoms with Gasteiger partial charge >= 0.3 is 0 Å². The van der Waals surface area contributed by atoms with Gasteiger partial charge < -0.3 is 10.0 Å². The number of carbonyl (C=O) groups excluding carboxylic acids is 1. The van der Waals surface area contributed by atoms with Gasteiger partial charge in [0.1, 0.15) is 5.75 Å². The van der Waals surface area contributed by atoms with Crippen LogP contribution in [0.25, 0.3) is 6.08 Å². The number of benzene rings is 1. The van der Waals surface area contributed by atoms with E-state index < -0.39 is 0 Å². The van der Waals surface area contributed by atoms with E-state index in [2.05, 4.69) is 41.5 Å². The third kappa shape index (κ3) is 4.86. The lowest BCUT2D eigenvalue weighted by Crippen LogP contribution is -2.28. The van der Waals surface area contributed by atoms with Crippen LogP contribution in [0.2, 0.25) is 0 Å². The minimum atomic E-state index is -0.170. The number of nitrogens with zero attached hydrogens (tertiary/aromatic N) is 1. The van der Waals surface area contributed by atoms with E-state index in [1.54, 1.807) is 11.0 Å². The number of rotatable bonds is 4. The molecule has 1 rings (SSSR count). The molecule has 0 aliphatic rings. The van der Waals surface area contributed by atoms with Crippen molar-refractivity contribution in [3.8, 4) is 5.75 Å².